The van der Waals surface area contributed by atoms with E-state index in [0.29, 0.717) is 18.8 Å². The van der Waals surface area contributed by atoms with Gasteiger partial charge < -0.3 is 5.32 Å². The summed E-state index contributed by atoms with van der Waals surface area (Å²) in [5.41, 5.74) is 2.48. The Morgan fingerprint density at radius 3 is 2.36 bits per heavy atom. The Balaban J connectivity index is 2.16. The number of carbonyl (C=O) groups excluding carboxylic acids is 1. The average molecular weight is 360 g/mol. The summed E-state index contributed by atoms with van der Waals surface area (Å²) in [5.74, 6) is -0.174. The van der Waals surface area contributed by atoms with Crippen molar-refractivity contribution < 1.29 is 13.2 Å². The van der Waals surface area contributed by atoms with Gasteiger partial charge in [0, 0.05) is 18.8 Å². The molecule has 0 radical (unpaired) electrons. The van der Waals surface area contributed by atoms with E-state index in [0.717, 1.165) is 11.1 Å². The van der Waals surface area contributed by atoms with Crippen molar-refractivity contribution in [1.82, 2.24) is 4.31 Å². The monoisotopic (exact) mass is 360 g/mol. The Kier molecular flexibility index (Phi) is 6.33. The Morgan fingerprint density at radius 2 is 1.72 bits per heavy atom. The fourth-order valence-electron chi connectivity index (χ4n) is 2.63. The van der Waals surface area contributed by atoms with Gasteiger partial charge in [0.1, 0.15) is 0 Å². The van der Waals surface area contributed by atoms with Crippen molar-refractivity contribution in [2.45, 2.75) is 32.1 Å². The molecule has 6 heteroatoms. The molecule has 0 saturated heterocycles. The summed E-state index contributed by atoms with van der Waals surface area (Å²) in [5, 5.41) is 2.78. The zero-order chi connectivity index (χ0) is 18.4. The van der Waals surface area contributed by atoms with E-state index in [1.807, 2.05) is 31.2 Å². The van der Waals surface area contributed by atoms with Gasteiger partial charge in [-0.05, 0) is 36.2 Å². The SMILES string of the molecule is CCN(CC)S(=O)(=O)c1cccc(NC(=O)Cc2ccccc2C)c1. The molecule has 2 rings (SSSR count). The van der Waals surface area contributed by atoms with Crippen molar-refractivity contribution in [2.75, 3.05) is 18.4 Å². The molecule has 0 saturated carbocycles. The molecule has 0 spiro atoms. The van der Waals surface area contributed by atoms with Crippen LogP contribution in [0.2, 0.25) is 0 Å². The van der Waals surface area contributed by atoms with Crippen LogP contribution in [0.4, 0.5) is 5.69 Å². The summed E-state index contributed by atoms with van der Waals surface area (Å²) in [7, 11) is -3.54. The van der Waals surface area contributed by atoms with Crippen LogP contribution in [0, 0.1) is 6.92 Å². The topological polar surface area (TPSA) is 66.5 Å². The number of anilines is 1. The summed E-state index contributed by atoms with van der Waals surface area (Å²) in [6.07, 6.45) is 0.250. The summed E-state index contributed by atoms with van der Waals surface area (Å²) in [4.78, 5) is 12.5. The Labute approximate surface area is 149 Å². The Hall–Kier alpha value is -2.18. The summed E-state index contributed by atoms with van der Waals surface area (Å²) in [6, 6.07) is 14.1. The van der Waals surface area contributed by atoms with Crippen LogP contribution in [-0.4, -0.2) is 31.7 Å². The van der Waals surface area contributed by atoms with E-state index in [9.17, 15) is 13.2 Å². The third kappa shape index (κ3) is 4.67. The fraction of sp³-hybridized carbons (Fsp3) is 0.316. The second-order valence-electron chi connectivity index (χ2n) is 5.77. The van der Waals surface area contributed by atoms with E-state index < -0.39 is 10.0 Å². The lowest BCUT2D eigenvalue weighted by Gasteiger charge is -2.18. The highest BCUT2D eigenvalue weighted by molar-refractivity contribution is 7.89. The van der Waals surface area contributed by atoms with Crippen molar-refractivity contribution in [1.29, 1.82) is 0 Å². The van der Waals surface area contributed by atoms with Crippen LogP contribution in [-0.2, 0) is 21.2 Å². The number of carbonyl (C=O) groups is 1. The van der Waals surface area contributed by atoms with E-state index in [4.69, 9.17) is 0 Å². The van der Waals surface area contributed by atoms with Gasteiger partial charge in [0.25, 0.3) is 0 Å². The van der Waals surface area contributed by atoms with Gasteiger partial charge in [0.15, 0.2) is 0 Å². The first kappa shape index (κ1) is 19.1. The zero-order valence-electron chi connectivity index (χ0n) is 14.8. The third-order valence-electron chi connectivity index (χ3n) is 4.07. The average Bonchev–Trinajstić information content (AvgIpc) is 2.58. The zero-order valence-corrected chi connectivity index (χ0v) is 15.6. The molecule has 0 aliphatic heterocycles. The van der Waals surface area contributed by atoms with Crippen molar-refractivity contribution >= 4 is 21.6 Å². The Bertz CT molecular complexity index is 843. The quantitative estimate of drug-likeness (QED) is 0.824. The van der Waals surface area contributed by atoms with E-state index in [1.165, 1.54) is 10.4 Å². The van der Waals surface area contributed by atoms with Crippen LogP contribution in [0.1, 0.15) is 25.0 Å². The Morgan fingerprint density at radius 1 is 1.04 bits per heavy atom. The van der Waals surface area contributed by atoms with E-state index in [-0.39, 0.29) is 17.2 Å². The molecule has 0 unspecified atom stereocenters. The largest absolute Gasteiger partial charge is 0.326 e. The number of hydrogen-bond acceptors (Lipinski definition) is 3. The minimum absolute atomic E-state index is 0.174. The first-order valence-corrected chi connectivity index (χ1v) is 9.77. The first-order valence-electron chi connectivity index (χ1n) is 8.33. The summed E-state index contributed by atoms with van der Waals surface area (Å²) in [6.45, 7) is 6.37. The van der Waals surface area contributed by atoms with Crippen molar-refractivity contribution in [3.05, 3.63) is 59.7 Å². The second-order valence-corrected chi connectivity index (χ2v) is 7.71. The molecule has 0 aliphatic carbocycles. The van der Waals surface area contributed by atoms with Crippen molar-refractivity contribution in [3.63, 3.8) is 0 Å². The first-order chi connectivity index (χ1) is 11.9. The molecule has 134 valence electrons. The molecule has 0 atom stereocenters. The van der Waals surface area contributed by atoms with E-state index >= 15 is 0 Å². The highest BCUT2D eigenvalue weighted by Crippen LogP contribution is 2.20. The van der Waals surface area contributed by atoms with Gasteiger partial charge in [0.2, 0.25) is 15.9 Å². The normalized spacial score (nSPS) is 11.5. The lowest BCUT2D eigenvalue weighted by Crippen LogP contribution is -2.30. The number of nitrogens with one attached hydrogen (secondary N) is 1. The van der Waals surface area contributed by atoms with Gasteiger partial charge in [-0.3, -0.25) is 4.79 Å². The lowest BCUT2D eigenvalue weighted by atomic mass is 10.1. The molecular weight excluding hydrogens is 336 g/mol. The minimum Gasteiger partial charge on any atom is -0.326 e. The minimum atomic E-state index is -3.54. The third-order valence-corrected chi connectivity index (χ3v) is 6.12. The molecule has 0 aromatic heterocycles. The molecule has 0 aliphatic rings. The molecular formula is C19H24N2O3S. The standard InChI is InChI=1S/C19H24N2O3S/c1-4-21(5-2)25(23,24)18-12-8-11-17(14-18)20-19(22)13-16-10-7-6-9-15(16)3/h6-12,14H,4-5,13H2,1-3H3,(H,20,22). The molecule has 0 bridgehead atoms. The van der Waals surface area contributed by atoms with Crippen LogP contribution in [0.25, 0.3) is 0 Å². The number of benzene rings is 2. The number of nitrogens with zero attached hydrogens (tertiary/aromatic N) is 1. The summed E-state index contributed by atoms with van der Waals surface area (Å²) < 4.78 is 26.6. The number of aryl methyl sites for hydroxylation is 1. The maximum atomic E-state index is 12.6. The maximum absolute atomic E-state index is 12.6. The highest BCUT2D eigenvalue weighted by atomic mass is 32.2. The van der Waals surface area contributed by atoms with Crippen molar-refractivity contribution in [2.24, 2.45) is 0 Å². The fourth-order valence-corrected chi connectivity index (χ4v) is 4.14. The van der Waals surface area contributed by atoms with Crippen LogP contribution in [0.15, 0.2) is 53.4 Å². The molecule has 5 nitrogen and oxygen atoms in total. The number of sulfonamides is 1. The predicted octanol–water partition coefficient (Wildman–Crippen LogP) is 3.21. The van der Waals surface area contributed by atoms with Crippen LogP contribution in [0.5, 0.6) is 0 Å². The van der Waals surface area contributed by atoms with Gasteiger partial charge in [-0.25, -0.2) is 8.42 Å². The number of hydrogen-bond donors (Lipinski definition) is 1. The molecule has 25 heavy (non-hydrogen) atoms. The molecule has 0 heterocycles. The maximum Gasteiger partial charge on any atom is 0.243 e. The molecule has 2 aromatic rings. The van der Waals surface area contributed by atoms with Crippen LogP contribution < -0.4 is 5.32 Å². The van der Waals surface area contributed by atoms with Crippen LogP contribution in [0.3, 0.4) is 0 Å². The van der Waals surface area contributed by atoms with Gasteiger partial charge in [-0.1, -0.05) is 44.2 Å². The summed E-state index contributed by atoms with van der Waals surface area (Å²) >= 11 is 0. The lowest BCUT2D eigenvalue weighted by molar-refractivity contribution is -0.115. The van der Waals surface area contributed by atoms with Gasteiger partial charge in [0.05, 0.1) is 11.3 Å². The van der Waals surface area contributed by atoms with E-state index in [1.54, 1.807) is 32.0 Å². The van der Waals surface area contributed by atoms with Crippen molar-refractivity contribution in [3.8, 4) is 0 Å². The number of rotatable bonds is 7. The smallest absolute Gasteiger partial charge is 0.243 e. The molecule has 1 amide bonds. The molecule has 0 fully saturated rings. The molecule has 2 aromatic carbocycles. The van der Waals surface area contributed by atoms with E-state index in [2.05, 4.69) is 5.32 Å². The molecule has 1 N–H and O–H groups in total. The highest BCUT2D eigenvalue weighted by Gasteiger charge is 2.21. The van der Waals surface area contributed by atoms with Gasteiger partial charge in [-0.15, -0.1) is 0 Å². The predicted molar refractivity (Wildman–Crippen MR) is 100 cm³/mol. The van der Waals surface area contributed by atoms with Gasteiger partial charge >= 0.3 is 0 Å². The number of amides is 1. The second kappa shape index (κ2) is 8.27. The van der Waals surface area contributed by atoms with Gasteiger partial charge in [-0.2, -0.15) is 4.31 Å². The van der Waals surface area contributed by atoms with Crippen LogP contribution >= 0.6 is 0 Å².